The summed E-state index contributed by atoms with van der Waals surface area (Å²) in [5.74, 6) is 0.156. The minimum absolute atomic E-state index is 0.156. The first-order valence-electron chi connectivity index (χ1n) is 5.99. The van der Waals surface area contributed by atoms with Crippen LogP contribution in [0.15, 0.2) is 52.7 Å². The molecule has 0 aliphatic heterocycles. The molecule has 92 valence electrons. The van der Waals surface area contributed by atoms with Gasteiger partial charge in [0.25, 0.3) is 0 Å². The number of phenolic OH excluding ortho intramolecular Hbond substituents is 1. The Morgan fingerprint density at radius 2 is 1.72 bits per heavy atom. The lowest BCUT2D eigenvalue weighted by Gasteiger charge is -2.01. The SMILES string of the molecule is CCc1ccc(O)c(N=Nc2ccc(C)cc2)c1. The normalized spacial score (nSPS) is 11.0. The molecule has 1 N–H and O–H groups in total. The third-order valence-corrected chi connectivity index (χ3v) is 2.76. The van der Waals surface area contributed by atoms with Gasteiger partial charge in [0.05, 0.1) is 5.69 Å². The van der Waals surface area contributed by atoms with Crippen molar-refractivity contribution in [2.75, 3.05) is 0 Å². The average molecular weight is 240 g/mol. The molecule has 0 bridgehead atoms. The second kappa shape index (κ2) is 5.45. The molecule has 0 saturated heterocycles. The van der Waals surface area contributed by atoms with Crippen LogP contribution in [0.25, 0.3) is 0 Å². The molecule has 0 radical (unpaired) electrons. The summed E-state index contributed by atoms with van der Waals surface area (Å²) in [7, 11) is 0. The van der Waals surface area contributed by atoms with Gasteiger partial charge in [-0.15, -0.1) is 5.11 Å². The minimum Gasteiger partial charge on any atom is -0.506 e. The number of hydrogen-bond donors (Lipinski definition) is 1. The Kier molecular flexibility index (Phi) is 3.72. The molecule has 0 unspecified atom stereocenters. The Morgan fingerprint density at radius 3 is 2.39 bits per heavy atom. The highest BCUT2D eigenvalue weighted by Gasteiger charge is 2.00. The largest absolute Gasteiger partial charge is 0.506 e. The van der Waals surface area contributed by atoms with Crippen LogP contribution in [0.4, 0.5) is 11.4 Å². The highest BCUT2D eigenvalue weighted by atomic mass is 16.3. The average Bonchev–Trinajstić information content (AvgIpc) is 2.40. The molecule has 0 aliphatic carbocycles. The number of benzene rings is 2. The summed E-state index contributed by atoms with van der Waals surface area (Å²) in [5, 5.41) is 17.9. The second-order valence-electron chi connectivity index (χ2n) is 4.21. The molecule has 0 atom stereocenters. The summed E-state index contributed by atoms with van der Waals surface area (Å²) in [6.07, 6.45) is 0.910. The van der Waals surface area contributed by atoms with E-state index in [-0.39, 0.29) is 5.75 Å². The van der Waals surface area contributed by atoms with Gasteiger partial charge in [-0.3, -0.25) is 0 Å². The van der Waals surface area contributed by atoms with Crippen LogP contribution in [0.2, 0.25) is 0 Å². The lowest BCUT2D eigenvalue weighted by molar-refractivity contribution is 0.476. The van der Waals surface area contributed by atoms with Crippen LogP contribution in [0.3, 0.4) is 0 Å². The lowest BCUT2D eigenvalue weighted by atomic mass is 10.1. The summed E-state index contributed by atoms with van der Waals surface area (Å²) < 4.78 is 0. The van der Waals surface area contributed by atoms with E-state index in [0.29, 0.717) is 5.69 Å². The Hall–Kier alpha value is -2.16. The van der Waals surface area contributed by atoms with Gasteiger partial charge in [0.1, 0.15) is 11.4 Å². The van der Waals surface area contributed by atoms with Gasteiger partial charge in [-0.2, -0.15) is 5.11 Å². The fourth-order valence-electron chi connectivity index (χ4n) is 1.59. The van der Waals surface area contributed by atoms with Crippen molar-refractivity contribution >= 4 is 11.4 Å². The molecule has 0 aromatic heterocycles. The van der Waals surface area contributed by atoms with Crippen LogP contribution < -0.4 is 0 Å². The molecule has 0 amide bonds. The van der Waals surface area contributed by atoms with Gasteiger partial charge in [-0.25, -0.2) is 0 Å². The van der Waals surface area contributed by atoms with Crippen molar-refractivity contribution in [1.29, 1.82) is 0 Å². The second-order valence-corrected chi connectivity index (χ2v) is 4.21. The number of rotatable bonds is 3. The maximum atomic E-state index is 9.70. The van der Waals surface area contributed by atoms with Crippen molar-refractivity contribution in [2.45, 2.75) is 20.3 Å². The fraction of sp³-hybridized carbons (Fsp3) is 0.200. The molecule has 3 nitrogen and oxygen atoms in total. The van der Waals surface area contributed by atoms with Crippen LogP contribution in [-0.4, -0.2) is 5.11 Å². The van der Waals surface area contributed by atoms with Gasteiger partial charge in [0.2, 0.25) is 0 Å². The quantitative estimate of drug-likeness (QED) is 0.778. The van der Waals surface area contributed by atoms with Gasteiger partial charge in [0, 0.05) is 0 Å². The molecule has 2 aromatic rings. The molecular weight excluding hydrogens is 224 g/mol. The number of azo groups is 1. The minimum atomic E-state index is 0.156. The van der Waals surface area contributed by atoms with Crippen molar-refractivity contribution in [3.8, 4) is 5.75 Å². The van der Waals surface area contributed by atoms with Gasteiger partial charge in [-0.05, 0) is 43.2 Å². The van der Waals surface area contributed by atoms with Gasteiger partial charge >= 0.3 is 0 Å². The molecule has 0 fully saturated rings. The smallest absolute Gasteiger partial charge is 0.143 e. The molecule has 0 heterocycles. The van der Waals surface area contributed by atoms with Gasteiger partial charge in [-0.1, -0.05) is 30.7 Å². The van der Waals surface area contributed by atoms with Gasteiger partial charge in [0.15, 0.2) is 0 Å². The van der Waals surface area contributed by atoms with Crippen molar-refractivity contribution < 1.29 is 5.11 Å². The van der Waals surface area contributed by atoms with E-state index >= 15 is 0 Å². The Labute approximate surface area is 107 Å². The van der Waals surface area contributed by atoms with E-state index in [9.17, 15) is 5.11 Å². The molecule has 3 heteroatoms. The van der Waals surface area contributed by atoms with Crippen molar-refractivity contribution in [3.63, 3.8) is 0 Å². The number of nitrogens with zero attached hydrogens (tertiary/aromatic N) is 2. The molecule has 18 heavy (non-hydrogen) atoms. The zero-order chi connectivity index (χ0) is 13.0. The van der Waals surface area contributed by atoms with E-state index in [0.717, 1.165) is 17.7 Å². The first-order chi connectivity index (χ1) is 8.69. The van der Waals surface area contributed by atoms with E-state index in [2.05, 4.69) is 17.2 Å². The summed E-state index contributed by atoms with van der Waals surface area (Å²) in [5.41, 5.74) is 3.60. The Bertz CT molecular complexity index is 559. The van der Waals surface area contributed by atoms with Crippen LogP contribution in [-0.2, 0) is 6.42 Å². The number of hydrogen-bond acceptors (Lipinski definition) is 3. The molecule has 0 spiro atoms. The summed E-state index contributed by atoms with van der Waals surface area (Å²) in [6, 6.07) is 13.2. The van der Waals surface area contributed by atoms with Crippen LogP contribution in [0.5, 0.6) is 5.75 Å². The first kappa shape index (κ1) is 12.3. The highest BCUT2D eigenvalue weighted by Crippen LogP contribution is 2.29. The third-order valence-electron chi connectivity index (χ3n) is 2.76. The summed E-state index contributed by atoms with van der Waals surface area (Å²) in [6.45, 7) is 4.09. The standard InChI is InChI=1S/C15H16N2O/c1-3-12-6-9-15(18)14(10-12)17-16-13-7-4-11(2)5-8-13/h4-10,18H,3H2,1-2H3. The summed E-state index contributed by atoms with van der Waals surface area (Å²) in [4.78, 5) is 0. The maximum absolute atomic E-state index is 9.70. The Balaban J connectivity index is 2.25. The maximum Gasteiger partial charge on any atom is 0.143 e. The van der Waals surface area contributed by atoms with Crippen molar-refractivity contribution in [2.24, 2.45) is 10.2 Å². The topological polar surface area (TPSA) is 45.0 Å². The molecule has 2 rings (SSSR count). The van der Waals surface area contributed by atoms with E-state index in [1.807, 2.05) is 43.3 Å². The van der Waals surface area contributed by atoms with Crippen molar-refractivity contribution in [3.05, 3.63) is 53.6 Å². The molecule has 2 aromatic carbocycles. The summed E-state index contributed by atoms with van der Waals surface area (Å²) >= 11 is 0. The highest BCUT2D eigenvalue weighted by molar-refractivity contribution is 5.53. The fourth-order valence-corrected chi connectivity index (χ4v) is 1.59. The van der Waals surface area contributed by atoms with E-state index in [4.69, 9.17) is 0 Å². The molecule has 0 saturated carbocycles. The zero-order valence-corrected chi connectivity index (χ0v) is 10.6. The zero-order valence-electron chi connectivity index (χ0n) is 10.6. The monoisotopic (exact) mass is 240 g/mol. The number of phenols is 1. The molecule has 0 aliphatic rings. The van der Waals surface area contributed by atoms with Gasteiger partial charge < -0.3 is 5.11 Å². The molecular formula is C15H16N2O. The van der Waals surface area contributed by atoms with E-state index in [1.165, 1.54) is 5.56 Å². The predicted octanol–water partition coefficient (Wildman–Crippen LogP) is 4.68. The first-order valence-corrected chi connectivity index (χ1v) is 5.99. The third kappa shape index (κ3) is 2.94. The Morgan fingerprint density at radius 1 is 1.00 bits per heavy atom. The van der Waals surface area contributed by atoms with Crippen molar-refractivity contribution in [1.82, 2.24) is 0 Å². The number of aromatic hydroxyl groups is 1. The number of aryl methyl sites for hydroxylation is 2. The van der Waals surface area contributed by atoms with Crippen LogP contribution in [0, 0.1) is 6.92 Å². The van der Waals surface area contributed by atoms with Crippen LogP contribution >= 0.6 is 0 Å². The van der Waals surface area contributed by atoms with E-state index in [1.54, 1.807) is 6.07 Å². The lowest BCUT2D eigenvalue weighted by Crippen LogP contribution is -1.78. The predicted molar refractivity (Wildman–Crippen MR) is 72.8 cm³/mol. The van der Waals surface area contributed by atoms with E-state index < -0.39 is 0 Å². The van der Waals surface area contributed by atoms with Crippen LogP contribution in [0.1, 0.15) is 18.1 Å².